The van der Waals surface area contributed by atoms with Gasteiger partial charge in [0.05, 0.1) is 6.61 Å². The van der Waals surface area contributed by atoms with E-state index in [0.29, 0.717) is 24.1 Å². The van der Waals surface area contributed by atoms with Crippen molar-refractivity contribution >= 4 is 10.0 Å². The number of sulfonamides is 1. The summed E-state index contributed by atoms with van der Waals surface area (Å²) in [4.78, 5) is 8.37. The third kappa shape index (κ3) is 3.58. The second-order valence-corrected chi connectivity index (χ2v) is 8.03. The Bertz CT molecular complexity index is 1070. The van der Waals surface area contributed by atoms with E-state index in [4.69, 9.17) is 9.26 Å². The van der Waals surface area contributed by atoms with Crippen molar-refractivity contribution in [3.63, 3.8) is 0 Å². The molecule has 10 heteroatoms. The minimum Gasteiger partial charge on any atom is -0.493 e. The number of hydrogen-bond donors (Lipinski definition) is 1. The van der Waals surface area contributed by atoms with Gasteiger partial charge in [0, 0.05) is 38.2 Å². The number of nitrogens with zero attached hydrogens (tertiary/aromatic N) is 4. The van der Waals surface area contributed by atoms with Crippen LogP contribution in [0.1, 0.15) is 17.3 Å². The molecular formula is C17H19N5O4S. The summed E-state index contributed by atoms with van der Waals surface area (Å²) < 4.78 is 39.4. The summed E-state index contributed by atoms with van der Waals surface area (Å²) in [6, 6.07) is 5.77. The van der Waals surface area contributed by atoms with Gasteiger partial charge < -0.3 is 13.8 Å². The van der Waals surface area contributed by atoms with Crippen LogP contribution in [0.2, 0.25) is 0 Å². The first-order valence-electron chi connectivity index (χ1n) is 8.51. The van der Waals surface area contributed by atoms with E-state index in [9.17, 15) is 8.42 Å². The highest BCUT2D eigenvalue weighted by Crippen LogP contribution is 2.29. The summed E-state index contributed by atoms with van der Waals surface area (Å²) in [7, 11) is -1.93. The van der Waals surface area contributed by atoms with Gasteiger partial charge >= 0.3 is 0 Å². The van der Waals surface area contributed by atoms with Crippen LogP contribution in [0.15, 0.2) is 33.9 Å². The molecule has 0 saturated heterocycles. The van der Waals surface area contributed by atoms with Gasteiger partial charge in [-0.05, 0) is 30.7 Å². The second-order valence-electron chi connectivity index (χ2n) is 6.32. The van der Waals surface area contributed by atoms with Gasteiger partial charge in [0.2, 0.25) is 11.7 Å². The van der Waals surface area contributed by atoms with Crippen LogP contribution in [0.25, 0.3) is 11.4 Å². The normalized spacial score (nSPS) is 13.6. The van der Waals surface area contributed by atoms with Crippen LogP contribution in [-0.4, -0.2) is 41.3 Å². The molecule has 0 saturated carbocycles. The van der Waals surface area contributed by atoms with E-state index < -0.39 is 10.0 Å². The predicted octanol–water partition coefficient (Wildman–Crippen LogP) is 1.23. The number of aromatic nitrogens is 4. The lowest BCUT2D eigenvalue weighted by atomic mass is 10.1. The van der Waals surface area contributed by atoms with Gasteiger partial charge in [-0.25, -0.2) is 18.1 Å². The van der Waals surface area contributed by atoms with E-state index in [1.807, 2.05) is 18.2 Å². The van der Waals surface area contributed by atoms with Gasteiger partial charge in [-0.15, -0.1) is 0 Å². The molecule has 0 radical (unpaired) electrons. The first-order valence-corrected chi connectivity index (χ1v) is 9.99. The van der Waals surface area contributed by atoms with Crippen molar-refractivity contribution in [1.29, 1.82) is 0 Å². The van der Waals surface area contributed by atoms with Gasteiger partial charge in [-0.3, -0.25) is 0 Å². The van der Waals surface area contributed by atoms with Crippen molar-refractivity contribution in [2.24, 2.45) is 7.05 Å². The van der Waals surface area contributed by atoms with E-state index in [1.165, 1.54) is 6.20 Å². The fourth-order valence-corrected chi connectivity index (χ4v) is 3.89. The Balaban J connectivity index is 1.40. The van der Waals surface area contributed by atoms with Crippen molar-refractivity contribution in [3.05, 3.63) is 41.7 Å². The monoisotopic (exact) mass is 389 g/mol. The van der Waals surface area contributed by atoms with Crippen LogP contribution in [-0.2, 0) is 29.9 Å². The number of imidazole rings is 1. The zero-order chi connectivity index (χ0) is 19.0. The highest BCUT2D eigenvalue weighted by molar-refractivity contribution is 7.89. The zero-order valence-corrected chi connectivity index (χ0v) is 15.8. The maximum absolute atomic E-state index is 12.3. The van der Waals surface area contributed by atoms with E-state index in [2.05, 4.69) is 19.8 Å². The van der Waals surface area contributed by atoms with Crippen molar-refractivity contribution in [3.8, 4) is 17.1 Å². The molecule has 3 aromatic rings. The number of hydrogen-bond acceptors (Lipinski definition) is 7. The molecule has 0 unspecified atom stereocenters. The number of fused-ring (bicyclic) bond motifs is 1. The third-order valence-electron chi connectivity index (χ3n) is 4.41. The highest BCUT2D eigenvalue weighted by atomic mass is 32.2. The predicted molar refractivity (Wildman–Crippen MR) is 95.8 cm³/mol. The molecule has 9 nitrogen and oxygen atoms in total. The molecule has 0 amide bonds. The van der Waals surface area contributed by atoms with E-state index >= 15 is 0 Å². The summed E-state index contributed by atoms with van der Waals surface area (Å²) in [5.74, 6) is 2.35. The van der Waals surface area contributed by atoms with Crippen LogP contribution >= 0.6 is 0 Å². The van der Waals surface area contributed by atoms with Gasteiger partial charge in [-0.2, -0.15) is 4.98 Å². The van der Waals surface area contributed by atoms with E-state index in [-0.39, 0.29) is 18.0 Å². The molecule has 2 aromatic heterocycles. The fraction of sp³-hybridized carbons (Fsp3) is 0.353. The molecule has 1 aliphatic rings. The van der Waals surface area contributed by atoms with Crippen LogP contribution in [0.4, 0.5) is 0 Å². The Morgan fingerprint density at radius 2 is 2.15 bits per heavy atom. The maximum Gasteiger partial charge on any atom is 0.259 e. The summed E-state index contributed by atoms with van der Waals surface area (Å²) in [5, 5.41) is 3.97. The number of benzene rings is 1. The fourth-order valence-electron chi connectivity index (χ4n) is 2.82. The van der Waals surface area contributed by atoms with E-state index in [0.717, 1.165) is 23.3 Å². The summed E-state index contributed by atoms with van der Waals surface area (Å²) in [6.07, 6.45) is 2.62. The first kappa shape index (κ1) is 17.7. The van der Waals surface area contributed by atoms with E-state index in [1.54, 1.807) is 18.5 Å². The molecule has 1 N–H and O–H groups in total. The van der Waals surface area contributed by atoms with Crippen LogP contribution in [0.5, 0.6) is 5.75 Å². The van der Waals surface area contributed by atoms with Crippen molar-refractivity contribution in [2.75, 3.05) is 13.2 Å². The van der Waals surface area contributed by atoms with Gasteiger partial charge in [0.1, 0.15) is 11.6 Å². The lowest BCUT2D eigenvalue weighted by molar-refractivity contribution is 0.357. The van der Waals surface area contributed by atoms with Crippen molar-refractivity contribution in [2.45, 2.75) is 24.8 Å². The molecular weight excluding hydrogens is 370 g/mol. The smallest absolute Gasteiger partial charge is 0.259 e. The summed E-state index contributed by atoms with van der Waals surface area (Å²) in [5.41, 5.74) is 1.97. The lowest BCUT2D eigenvalue weighted by Gasteiger charge is -2.01. The molecule has 3 heterocycles. The van der Waals surface area contributed by atoms with Gasteiger partial charge in [-0.1, -0.05) is 5.16 Å². The first-order chi connectivity index (χ1) is 12.9. The Morgan fingerprint density at radius 1 is 1.30 bits per heavy atom. The number of ether oxygens (including phenoxy) is 1. The Morgan fingerprint density at radius 3 is 2.93 bits per heavy atom. The lowest BCUT2D eigenvalue weighted by Crippen LogP contribution is -2.26. The maximum atomic E-state index is 12.3. The van der Waals surface area contributed by atoms with Crippen molar-refractivity contribution in [1.82, 2.24) is 24.4 Å². The number of aryl methyl sites for hydroxylation is 2. The number of nitrogens with one attached hydrogen (secondary N) is 1. The zero-order valence-electron chi connectivity index (χ0n) is 15.0. The van der Waals surface area contributed by atoms with Crippen LogP contribution in [0.3, 0.4) is 0 Å². The third-order valence-corrected chi connectivity index (χ3v) is 5.74. The molecule has 0 bridgehead atoms. The van der Waals surface area contributed by atoms with Crippen LogP contribution < -0.4 is 9.46 Å². The Hall–Kier alpha value is -2.72. The quantitative estimate of drug-likeness (QED) is 0.675. The number of rotatable bonds is 6. The second kappa shape index (κ2) is 6.78. The molecule has 142 valence electrons. The van der Waals surface area contributed by atoms with Gasteiger partial charge in [0.25, 0.3) is 10.0 Å². The SMILES string of the molecule is Cc1nc(S(=O)(=O)NCCc2nc(-c3ccc4c(c3)CCO4)no2)cn1C. The molecule has 0 spiro atoms. The molecule has 0 fully saturated rings. The van der Waals surface area contributed by atoms with Gasteiger partial charge in [0.15, 0.2) is 5.03 Å². The average molecular weight is 389 g/mol. The largest absolute Gasteiger partial charge is 0.493 e. The minimum atomic E-state index is -3.67. The topological polar surface area (TPSA) is 112 Å². The molecule has 4 rings (SSSR count). The van der Waals surface area contributed by atoms with Crippen LogP contribution in [0, 0.1) is 6.92 Å². The average Bonchev–Trinajstić information content (AvgIpc) is 3.35. The molecule has 0 aliphatic carbocycles. The molecule has 27 heavy (non-hydrogen) atoms. The minimum absolute atomic E-state index is 0.00548. The summed E-state index contributed by atoms with van der Waals surface area (Å²) in [6.45, 7) is 2.56. The Labute approximate surface area is 156 Å². The molecule has 1 aliphatic heterocycles. The summed E-state index contributed by atoms with van der Waals surface area (Å²) >= 11 is 0. The van der Waals surface area contributed by atoms with Crippen molar-refractivity contribution < 1.29 is 17.7 Å². The standard InChI is InChI=1S/C17H19N5O4S/c1-11-19-16(10-22(11)2)27(23,24)18-7-5-15-20-17(21-26-15)13-3-4-14-12(9-13)6-8-25-14/h3-4,9-10,18H,5-8H2,1-2H3. The Kier molecular flexibility index (Phi) is 4.44. The highest BCUT2D eigenvalue weighted by Gasteiger charge is 2.19. The molecule has 1 aromatic carbocycles. The molecule has 0 atom stereocenters.